The smallest absolute Gasteiger partial charge is 0.226 e. The zero-order chi connectivity index (χ0) is 21.3. The van der Waals surface area contributed by atoms with Crippen LogP contribution in [0.5, 0.6) is 0 Å². The first-order chi connectivity index (χ1) is 14.5. The highest BCUT2D eigenvalue weighted by molar-refractivity contribution is 6.09. The number of nitrogens with one attached hydrogen (secondary N) is 4. The fraction of sp³-hybridized carbons (Fsp3) is 0.261. The van der Waals surface area contributed by atoms with E-state index in [2.05, 4.69) is 26.9 Å². The van der Waals surface area contributed by atoms with Gasteiger partial charge in [-0.1, -0.05) is 6.07 Å². The number of nitrogens with zero attached hydrogens (tertiary/aromatic N) is 2. The molecule has 0 saturated heterocycles. The summed E-state index contributed by atoms with van der Waals surface area (Å²) in [5, 5.41) is 26.9. The van der Waals surface area contributed by atoms with Gasteiger partial charge in [0.25, 0.3) is 0 Å². The number of carbonyl (C=O) groups excluding carboxylic acids is 1. The topological polar surface area (TPSA) is 104 Å². The average Bonchev–Trinajstić information content (AvgIpc) is 3.07. The summed E-state index contributed by atoms with van der Waals surface area (Å²) in [6, 6.07) is 12.1. The van der Waals surface area contributed by atoms with Crippen molar-refractivity contribution in [2.24, 2.45) is 0 Å². The molecule has 0 bridgehead atoms. The molecule has 1 atom stereocenters. The molecule has 152 valence electrons. The maximum Gasteiger partial charge on any atom is 0.226 e. The summed E-state index contributed by atoms with van der Waals surface area (Å²) in [5.74, 6) is -0.000347. The SMILES string of the molecule is CN/C=C(\C=N)c1cc2c(cc1C#N)N(c1cccc3c1N[C@H](C)CC(=O)N3)CC2. The molecule has 0 aliphatic carbocycles. The van der Waals surface area contributed by atoms with E-state index in [-0.39, 0.29) is 11.9 Å². The van der Waals surface area contributed by atoms with E-state index in [0.717, 1.165) is 46.8 Å². The largest absolute Gasteiger partial charge is 0.393 e. The van der Waals surface area contributed by atoms with Crippen LogP contribution in [-0.2, 0) is 11.2 Å². The minimum Gasteiger partial charge on any atom is -0.393 e. The number of hydrogen-bond acceptors (Lipinski definition) is 6. The van der Waals surface area contributed by atoms with E-state index < -0.39 is 0 Å². The average molecular weight is 400 g/mol. The van der Waals surface area contributed by atoms with Gasteiger partial charge in [0.2, 0.25) is 5.91 Å². The van der Waals surface area contributed by atoms with Crippen LogP contribution in [-0.4, -0.2) is 31.8 Å². The zero-order valence-electron chi connectivity index (χ0n) is 17.0. The van der Waals surface area contributed by atoms with Gasteiger partial charge in [-0.15, -0.1) is 0 Å². The number of nitriles is 1. The highest BCUT2D eigenvalue weighted by Crippen LogP contribution is 2.43. The lowest BCUT2D eigenvalue weighted by Gasteiger charge is -2.25. The molecule has 1 amide bonds. The van der Waals surface area contributed by atoms with Crippen LogP contribution < -0.4 is 20.9 Å². The molecule has 2 heterocycles. The summed E-state index contributed by atoms with van der Waals surface area (Å²) in [6.45, 7) is 2.77. The quantitative estimate of drug-likeness (QED) is 0.587. The molecule has 0 saturated carbocycles. The predicted molar refractivity (Wildman–Crippen MR) is 120 cm³/mol. The third kappa shape index (κ3) is 3.37. The summed E-state index contributed by atoms with van der Waals surface area (Å²) >= 11 is 0. The highest BCUT2D eigenvalue weighted by atomic mass is 16.1. The number of fused-ring (bicyclic) bond motifs is 2. The molecular formula is C23H24N6O. The summed E-state index contributed by atoms with van der Waals surface area (Å²) in [6.07, 6.45) is 4.24. The lowest BCUT2D eigenvalue weighted by Crippen LogP contribution is -2.20. The minimum absolute atomic E-state index is 0.000347. The van der Waals surface area contributed by atoms with Crippen molar-refractivity contribution in [2.75, 3.05) is 29.1 Å². The van der Waals surface area contributed by atoms with Gasteiger partial charge in [0.15, 0.2) is 0 Å². The first-order valence-electron chi connectivity index (χ1n) is 9.98. The molecule has 4 N–H and O–H groups in total. The number of amides is 1. The maximum atomic E-state index is 12.1. The van der Waals surface area contributed by atoms with Crippen molar-refractivity contribution in [2.45, 2.75) is 25.8 Å². The highest BCUT2D eigenvalue weighted by Gasteiger charge is 2.28. The number of benzene rings is 2. The Morgan fingerprint density at radius 2 is 2.20 bits per heavy atom. The molecule has 0 spiro atoms. The van der Waals surface area contributed by atoms with Crippen molar-refractivity contribution in [1.82, 2.24) is 5.32 Å². The second-order valence-electron chi connectivity index (χ2n) is 7.57. The lowest BCUT2D eigenvalue weighted by atomic mass is 9.97. The Kier molecular flexibility index (Phi) is 5.15. The van der Waals surface area contributed by atoms with E-state index in [4.69, 9.17) is 5.41 Å². The Morgan fingerprint density at radius 3 is 2.93 bits per heavy atom. The number of rotatable bonds is 4. The van der Waals surface area contributed by atoms with E-state index in [0.29, 0.717) is 17.6 Å². The number of anilines is 4. The van der Waals surface area contributed by atoms with Gasteiger partial charge in [0.05, 0.1) is 28.7 Å². The Labute approximate surface area is 175 Å². The van der Waals surface area contributed by atoms with Crippen LogP contribution in [0.4, 0.5) is 22.7 Å². The van der Waals surface area contributed by atoms with Gasteiger partial charge in [-0.3, -0.25) is 4.79 Å². The molecule has 7 heteroatoms. The van der Waals surface area contributed by atoms with Crippen LogP contribution >= 0.6 is 0 Å². The Bertz CT molecular complexity index is 1100. The fourth-order valence-corrected chi connectivity index (χ4v) is 4.17. The molecule has 2 aliphatic rings. The van der Waals surface area contributed by atoms with Crippen molar-refractivity contribution < 1.29 is 4.79 Å². The van der Waals surface area contributed by atoms with Crippen LogP contribution in [0.3, 0.4) is 0 Å². The standard InChI is InChI=1S/C23H24N6O/c1-14-8-22(30)28-19-4-3-5-20(23(19)27-14)29-7-6-15-9-18(17(12-25)13-26-2)16(11-24)10-21(15)29/h3-5,9-10,12-14,25-27H,6-8H2,1-2H3,(H,28,30)/b17-13+,25-12?/t14-/m1/s1. The summed E-state index contributed by atoms with van der Waals surface area (Å²) in [5.41, 5.74) is 6.74. The van der Waals surface area contributed by atoms with Crippen molar-refractivity contribution in [1.29, 1.82) is 10.7 Å². The van der Waals surface area contributed by atoms with Gasteiger partial charge in [-0.05, 0) is 43.2 Å². The molecular weight excluding hydrogens is 376 g/mol. The van der Waals surface area contributed by atoms with Crippen LogP contribution in [0.25, 0.3) is 5.57 Å². The predicted octanol–water partition coefficient (Wildman–Crippen LogP) is 3.60. The van der Waals surface area contributed by atoms with E-state index in [9.17, 15) is 10.1 Å². The Balaban J connectivity index is 1.81. The van der Waals surface area contributed by atoms with Crippen molar-refractivity contribution in [3.63, 3.8) is 0 Å². The van der Waals surface area contributed by atoms with Crippen molar-refractivity contribution in [3.05, 3.63) is 53.2 Å². The van der Waals surface area contributed by atoms with E-state index in [1.807, 2.05) is 37.3 Å². The van der Waals surface area contributed by atoms with Crippen LogP contribution in [0.2, 0.25) is 0 Å². The molecule has 0 aromatic heterocycles. The monoisotopic (exact) mass is 400 g/mol. The van der Waals surface area contributed by atoms with Crippen LogP contribution in [0.1, 0.15) is 30.0 Å². The molecule has 2 aromatic carbocycles. The van der Waals surface area contributed by atoms with Gasteiger partial charge in [0.1, 0.15) is 0 Å². The summed E-state index contributed by atoms with van der Waals surface area (Å²) in [7, 11) is 1.78. The van der Waals surface area contributed by atoms with Gasteiger partial charge in [0, 0.05) is 55.3 Å². The summed E-state index contributed by atoms with van der Waals surface area (Å²) in [4.78, 5) is 14.3. The molecule has 4 rings (SSSR count). The molecule has 2 aliphatic heterocycles. The van der Waals surface area contributed by atoms with E-state index in [1.165, 1.54) is 6.21 Å². The van der Waals surface area contributed by atoms with E-state index >= 15 is 0 Å². The minimum atomic E-state index is -0.000347. The molecule has 7 nitrogen and oxygen atoms in total. The van der Waals surface area contributed by atoms with E-state index in [1.54, 1.807) is 13.2 Å². The molecule has 0 unspecified atom stereocenters. The van der Waals surface area contributed by atoms with Gasteiger partial charge in [-0.25, -0.2) is 0 Å². The number of allylic oxidation sites excluding steroid dienone is 1. The normalized spacial score (nSPS) is 17.8. The second-order valence-corrected chi connectivity index (χ2v) is 7.57. The van der Waals surface area contributed by atoms with Gasteiger partial charge in [-0.2, -0.15) is 5.26 Å². The number of carbonyl (C=O) groups is 1. The first kappa shape index (κ1) is 19.5. The van der Waals surface area contributed by atoms with Crippen molar-refractivity contribution in [3.8, 4) is 6.07 Å². The first-order valence-corrected chi connectivity index (χ1v) is 9.98. The third-order valence-electron chi connectivity index (χ3n) is 5.49. The fourth-order valence-electron chi connectivity index (χ4n) is 4.17. The zero-order valence-corrected chi connectivity index (χ0v) is 17.0. The third-order valence-corrected chi connectivity index (χ3v) is 5.49. The second kappa shape index (κ2) is 7.91. The molecule has 0 radical (unpaired) electrons. The molecule has 0 fully saturated rings. The van der Waals surface area contributed by atoms with Gasteiger partial charge >= 0.3 is 0 Å². The molecule has 30 heavy (non-hydrogen) atoms. The van der Waals surface area contributed by atoms with Gasteiger partial charge < -0.3 is 26.3 Å². The Hall–Kier alpha value is -3.79. The lowest BCUT2D eigenvalue weighted by molar-refractivity contribution is -0.116. The Morgan fingerprint density at radius 1 is 1.37 bits per heavy atom. The summed E-state index contributed by atoms with van der Waals surface area (Å²) < 4.78 is 0. The maximum absolute atomic E-state index is 12.1. The van der Waals surface area contributed by atoms with Crippen molar-refractivity contribution >= 4 is 40.4 Å². The molecule has 2 aromatic rings. The number of hydrogen-bond donors (Lipinski definition) is 4. The van der Waals surface area contributed by atoms with Crippen LogP contribution in [0, 0.1) is 16.7 Å². The number of para-hydroxylation sites is 1. The van der Waals surface area contributed by atoms with Crippen LogP contribution in [0.15, 0.2) is 36.5 Å².